The summed E-state index contributed by atoms with van der Waals surface area (Å²) in [6, 6.07) is 16.7. The second kappa shape index (κ2) is 10.8. The van der Waals surface area contributed by atoms with Crippen molar-refractivity contribution < 1.29 is 33.7 Å². The Morgan fingerprint density at radius 2 is 1.59 bits per heavy atom. The molecule has 1 N–H and O–H groups in total. The molecule has 1 amide bonds. The summed E-state index contributed by atoms with van der Waals surface area (Å²) in [6.07, 6.45) is 0. The van der Waals surface area contributed by atoms with Gasteiger partial charge in [-0.3, -0.25) is 19.3 Å². The van der Waals surface area contributed by atoms with Crippen LogP contribution in [0.2, 0.25) is 5.02 Å². The van der Waals surface area contributed by atoms with E-state index < -0.39 is 29.5 Å². The lowest BCUT2D eigenvalue weighted by Crippen LogP contribution is -2.29. The maximum atomic E-state index is 13.4. The van der Waals surface area contributed by atoms with Gasteiger partial charge < -0.3 is 19.3 Å². The Kier molecular flexibility index (Phi) is 7.50. The van der Waals surface area contributed by atoms with Crippen molar-refractivity contribution in [2.75, 3.05) is 18.6 Å². The Labute approximate surface area is 218 Å². The van der Waals surface area contributed by atoms with E-state index in [1.54, 1.807) is 60.7 Å². The molecule has 1 unspecified atom stereocenters. The summed E-state index contributed by atoms with van der Waals surface area (Å²) in [5, 5.41) is 11.6. The zero-order valence-corrected chi connectivity index (χ0v) is 21.1. The molecule has 0 aromatic heterocycles. The Morgan fingerprint density at radius 3 is 2.19 bits per heavy atom. The molecule has 3 aromatic carbocycles. The summed E-state index contributed by atoms with van der Waals surface area (Å²) in [4.78, 5) is 39.3. The van der Waals surface area contributed by atoms with Crippen LogP contribution in [0.3, 0.4) is 0 Å². The van der Waals surface area contributed by atoms with Crippen molar-refractivity contribution in [1.82, 2.24) is 0 Å². The standard InChI is InChI=1S/C28H24ClNO7/c1-4-36-21-13-14-23(29)22(15-21)26(32)24-25(17-5-9-20(10-6-17)37-16(2)31)30(28(34)27(24)33)18-7-11-19(35-3)12-8-18/h5-15,25,32H,4H2,1-3H3/b26-24+. The molecule has 1 heterocycles. The number of esters is 1. The number of nitrogens with zero attached hydrogens (tertiary/aromatic N) is 1. The molecule has 3 aromatic rings. The lowest BCUT2D eigenvalue weighted by molar-refractivity contribution is -0.132. The molecular weight excluding hydrogens is 498 g/mol. The van der Waals surface area contributed by atoms with Crippen molar-refractivity contribution in [3.05, 3.63) is 88.5 Å². The third kappa shape index (κ3) is 5.15. The second-order valence-corrected chi connectivity index (χ2v) is 8.51. The van der Waals surface area contributed by atoms with Crippen LogP contribution in [0.15, 0.2) is 72.3 Å². The monoisotopic (exact) mass is 521 g/mol. The molecule has 4 rings (SSSR count). The highest BCUT2D eigenvalue weighted by Gasteiger charge is 2.47. The number of ketones is 1. The molecule has 9 heteroatoms. The fourth-order valence-corrected chi connectivity index (χ4v) is 4.34. The number of halogens is 1. The number of rotatable bonds is 7. The van der Waals surface area contributed by atoms with Gasteiger partial charge in [0, 0.05) is 18.2 Å². The number of aliphatic hydroxyl groups excluding tert-OH is 1. The van der Waals surface area contributed by atoms with Crippen molar-refractivity contribution in [2.45, 2.75) is 19.9 Å². The molecule has 190 valence electrons. The Hall–Kier alpha value is -4.30. The van der Waals surface area contributed by atoms with Gasteiger partial charge in [0.25, 0.3) is 11.7 Å². The van der Waals surface area contributed by atoms with E-state index in [-0.39, 0.29) is 16.2 Å². The molecule has 1 aliphatic heterocycles. The van der Waals surface area contributed by atoms with Crippen molar-refractivity contribution in [3.8, 4) is 17.2 Å². The third-order valence-corrected chi connectivity index (χ3v) is 6.09. The maximum Gasteiger partial charge on any atom is 0.308 e. The van der Waals surface area contributed by atoms with Gasteiger partial charge in [-0.1, -0.05) is 23.7 Å². The molecule has 37 heavy (non-hydrogen) atoms. The number of aliphatic hydroxyl groups is 1. The topological polar surface area (TPSA) is 102 Å². The molecule has 0 bridgehead atoms. The van der Waals surface area contributed by atoms with Gasteiger partial charge in [-0.2, -0.15) is 0 Å². The quantitative estimate of drug-likeness (QED) is 0.148. The van der Waals surface area contributed by atoms with E-state index in [2.05, 4.69) is 0 Å². The number of hydrogen-bond acceptors (Lipinski definition) is 7. The van der Waals surface area contributed by atoms with Crippen LogP contribution in [0.4, 0.5) is 5.69 Å². The van der Waals surface area contributed by atoms with Crippen molar-refractivity contribution in [1.29, 1.82) is 0 Å². The zero-order valence-electron chi connectivity index (χ0n) is 20.4. The Morgan fingerprint density at radius 1 is 0.973 bits per heavy atom. The predicted molar refractivity (Wildman–Crippen MR) is 138 cm³/mol. The molecule has 1 fully saturated rings. The first-order valence-corrected chi connectivity index (χ1v) is 11.8. The van der Waals surface area contributed by atoms with Crippen LogP contribution >= 0.6 is 11.6 Å². The summed E-state index contributed by atoms with van der Waals surface area (Å²) < 4.78 is 15.8. The van der Waals surface area contributed by atoms with Crippen LogP contribution in [0.5, 0.6) is 17.2 Å². The average Bonchev–Trinajstić information content (AvgIpc) is 3.15. The van der Waals surface area contributed by atoms with Gasteiger partial charge in [-0.25, -0.2) is 0 Å². The van der Waals surface area contributed by atoms with Gasteiger partial charge in [0.05, 0.1) is 30.4 Å². The number of benzene rings is 3. The number of hydrogen-bond donors (Lipinski definition) is 1. The molecule has 0 radical (unpaired) electrons. The highest BCUT2D eigenvalue weighted by Crippen LogP contribution is 2.44. The zero-order chi connectivity index (χ0) is 26.7. The fraction of sp³-hybridized carbons (Fsp3) is 0.179. The van der Waals surface area contributed by atoms with Crippen molar-refractivity contribution >= 4 is 40.7 Å². The minimum absolute atomic E-state index is 0.142. The van der Waals surface area contributed by atoms with Gasteiger partial charge in [0.1, 0.15) is 23.0 Å². The van der Waals surface area contributed by atoms with E-state index in [1.807, 2.05) is 6.92 Å². The predicted octanol–water partition coefficient (Wildman–Crippen LogP) is 5.30. The maximum absolute atomic E-state index is 13.4. The number of ether oxygens (including phenoxy) is 3. The van der Waals surface area contributed by atoms with Crippen LogP contribution in [0.1, 0.15) is 31.0 Å². The first-order chi connectivity index (χ1) is 17.7. The number of carbonyl (C=O) groups excluding carboxylic acids is 3. The van der Waals surface area contributed by atoms with Gasteiger partial charge in [-0.05, 0) is 67.1 Å². The van der Waals surface area contributed by atoms with Crippen LogP contribution in [0.25, 0.3) is 5.76 Å². The van der Waals surface area contributed by atoms with Crippen molar-refractivity contribution in [3.63, 3.8) is 0 Å². The second-order valence-electron chi connectivity index (χ2n) is 8.10. The average molecular weight is 522 g/mol. The van der Waals surface area contributed by atoms with Gasteiger partial charge in [0.15, 0.2) is 0 Å². The van der Waals surface area contributed by atoms with Crippen LogP contribution in [-0.2, 0) is 14.4 Å². The van der Waals surface area contributed by atoms with Crippen LogP contribution in [0, 0.1) is 0 Å². The molecule has 0 aliphatic carbocycles. The molecular formula is C28H24ClNO7. The number of amides is 1. The molecule has 1 aliphatic rings. The van der Waals surface area contributed by atoms with Crippen molar-refractivity contribution in [2.24, 2.45) is 0 Å². The first-order valence-electron chi connectivity index (χ1n) is 11.4. The van der Waals surface area contributed by atoms with E-state index in [9.17, 15) is 19.5 Å². The largest absolute Gasteiger partial charge is 0.507 e. The number of Topliss-reactive ketones (excluding diaryl/α,β-unsaturated/α-hetero) is 1. The van der Waals surface area contributed by atoms with E-state index in [0.717, 1.165) is 0 Å². The van der Waals surface area contributed by atoms with E-state index >= 15 is 0 Å². The summed E-state index contributed by atoms with van der Waals surface area (Å²) >= 11 is 6.38. The van der Waals surface area contributed by atoms with Crippen LogP contribution < -0.4 is 19.1 Å². The van der Waals surface area contributed by atoms with Gasteiger partial charge in [-0.15, -0.1) is 0 Å². The highest BCUT2D eigenvalue weighted by atomic mass is 35.5. The van der Waals surface area contributed by atoms with Gasteiger partial charge in [0.2, 0.25) is 0 Å². The Bertz CT molecular complexity index is 1380. The summed E-state index contributed by atoms with van der Waals surface area (Å²) in [6.45, 7) is 3.49. The minimum atomic E-state index is -0.994. The lowest BCUT2D eigenvalue weighted by Gasteiger charge is -2.26. The third-order valence-electron chi connectivity index (χ3n) is 5.76. The normalized spacial score (nSPS) is 16.5. The molecule has 1 saturated heterocycles. The fourth-order valence-electron chi connectivity index (χ4n) is 4.13. The number of carbonyl (C=O) groups is 3. The number of anilines is 1. The van der Waals surface area contributed by atoms with E-state index in [4.69, 9.17) is 25.8 Å². The SMILES string of the molecule is CCOc1ccc(Cl)c(/C(O)=C2\C(=O)C(=O)N(c3ccc(OC)cc3)C2c2ccc(OC(C)=O)cc2)c1. The summed E-state index contributed by atoms with van der Waals surface area (Å²) in [5.41, 5.74) is 0.938. The smallest absolute Gasteiger partial charge is 0.308 e. The van der Waals surface area contributed by atoms with Gasteiger partial charge >= 0.3 is 5.97 Å². The number of methoxy groups -OCH3 is 1. The molecule has 1 atom stereocenters. The molecule has 0 saturated carbocycles. The summed E-state index contributed by atoms with van der Waals surface area (Å²) in [5.74, 6) is -1.30. The minimum Gasteiger partial charge on any atom is -0.507 e. The van der Waals surface area contributed by atoms with E-state index in [0.29, 0.717) is 35.1 Å². The molecule has 8 nitrogen and oxygen atoms in total. The van der Waals surface area contributed by atoms with E-state index in [1.165, 1.54) is 25.0 Å². The lowest BCUT2D eigenvalue weighted by atomic mass is 9.95. The molecule has 0 spiro atoms. The summed E-state index contributed by atoms with van der Waals surface area (Å²) in [7, 11) is 1.52. The van der Waals surface area contributed by atoms with Crippen LogP contribution in [-0.4, -0.2) is 36.5 Å². The Balaban J connectivity index is 1.90. The first kappa shape index (κ1) is 25.8. The highest BCUT2D eigenvalue weighted by molar-refractivity contribution is 6.52.